The lowest BCUT2D eigenvalue weighted by Gasteiger charge is -2.28. The summed E-state index contributed by atoms with van der Waals surface area (Å²) in [6.07, 6.45) is 4.41. The predicted octanol–water partition coefficient (Wildman–Crippen LogP) is 3.29. The summed E-state index contributed by atoms with van der Waals surface area (Å²) in [5, 5.41) is 0. The highest BCUT2D eigenvalue weighted by molar-refractivity contribution is 6.60. The highest BCUT2D eigenvalue weighted by Gasteiger charge is 2.39. The minimum absolute atomic E-state index is 0.595. The number of methoxy groups -OCH3 is 1. The van der Waals surface area contributed by atoms with Crippen LogP contribution in [0.2, 0.25) is 6.04 Å². The predicted molar refractivity (Wildman–Crippen MR) is 108 cm³/mol. The largest absolute Gasteiger partial charge is 0.500 e. The van der Waals surface area contributed by atoms with Crippen LogP contribution >= 0.6 is 0 Å². The fourth-order valence-corrected chi connectivity index (χ4v) is 5.27. The number of hydrogen-bond acceptors (Lipinski definition) is 7. The smallest absolute Gasteiger partial charge is 0.382 e. The monoisotopic (exact) mass is 410 g/mol. The third-order valence-electron chi connectivity index (χ3n) is 3.79. The van der Waals surface area contributed by atoms with Gasteiger partial charge in [0.1, 0.15) is 0 Å². The van der Waals surface area contributed by atoms with Crippen molar-refractivity contribution in [3.05, 3.63) is 0 Å². The molecule has 0 N–H and O–H groups in total. The molecule has 8 heteroatoms. The third-order valence-corrected chi connectivity index (χ3v) is 6.94. The molecule has 27 heavy (non-hydrogen) atoms. The highest BCUT2D eigenvalue weighted by Crippen LogP contribution is 2.20. The molecule has 0 aliphatic carbocycles. The lowest BCUT2D eigenvalue weighted by atomic mass is 10.2. The average molecular weight is 411 g/mol. The molecule has 0 radical (unpaired) electrons. The number of rotatable bonds is 22. The first-order valence-electron chi connectivity index (χ1n) is 10.4. The van der Waals surface area contributed by atoms with Gasteiger partial charge in [-0.15, -0.1) is 0 Å². The molecule has 0 amide bonds. The molecule has 0 bridgehead atoms. The van der Waals surface area contributed by atoms with Gasteiger partial charge >= 0.3 is 8.80 Å². The molecule has 0 unspecified atom stereocenters. The Labute approximate surface area is 167 Å². The van der Waals surface area contributed by atoms with E-state index in [0.29, 0.717) is 59.5 Å². The minimum Gasteiger partial charge on any atom is -0.382 e. The van der Waals surface area contributed by atoms with Gasteiger partial charge in [-0.1, -0.05) is 12.8 Å². The number of unbranched alkanes of at least 4 members (excludes halogenated alkanes) is 3. The van der Waals surface area contributed by atoms with Gasteiger partial charge in [-0.3, -0.25) is 0 Å². The molecule has 0 aromatic rings. The van der Waals surface area contributed by atoms with Crippen molar-refractivity contribution in [2.24, 2.45) is 0 Å². The summed E-state index contributed by atoms with van der Waals surface area (Å²) in [5.41, 5.74) is 0. The van der Waals surface area contributed by atoms with Crippen molar-refractivity contribution in [2.75, 3.05) is 73.2 Å². The van der Waals surface area contributed by atoms with Crippen molar-refractivity contribution in [3.8, 4) is 0 Å². The van der Waals surface area contributed by atoms with Gasteiger partial charge in [0.2, 0.25) is 0 Å². The average Bonchev–Trinajstić information content (AvgIpc) is 2.65. The van der Waals surface area contributed by atoms with Gasteiger partial charge in [0, 0.05) is 39.6 Å². The first-order chi connectivity index (χ1) is 13.2. The van der Waals surface area contributed by atoms with Gasteiger partial charge in [-0.25, -0.2) is 0 Å². The quantitative estimate of drug-likeness (QED) is 0.200. The molecule has 0 heterocycles. The molecule has 0 fully saturated rings. The van der Waals surface area contributed by atoms with Crippen LogP contribution in [0.5, 0.6) is 0 Å². The van der Waals surface area contributed by atoms with Gasteiger partial charge in [0.15, 0.2) is 0 Å². The van der Waals surface area contributed by atoms with E-state index < -0.39 is 8.80 Å². The van der Waals surface area contributed by atoms with E-state index in [1.54, 1.807) is 7.11 Å². The normalized spacial score (nSPS) is 12.0. The fourth-order valence-electron chi connectivity index (χ4n) is 2.58. The van der Waals surface area contributed by atoms with E-state index in [0.717, 1.165) is 38.3 Å². The summed E-state index contributed by atoms with van der Waals surface area (Å²) in [4.78, 5) is 0. The molecule has 0 spiro atoms. The molecular weight excluding hydrogens is 368 g/mol. The summed E-state index contributed by atoms with van der Waals surface area (Å²) in [6.45, 7) is 12.3. The van der Waals surface area contributed by atoms with Crippen LogP contribution in [0.1, 0.15) is 46.5 Å². The van der Waals surface area contributed by atoms with E-state index >= 15 is 0 Å². The molecule has 0 aromatic heterocycles. The second-order valence-corrected chi connectivity index (χ2v) is 8.71. The van der Waals surface area contributed by atoms with Crippen LogP contribution in [0, 0.1) is 0 Å². The van der Waals surface area contributed by atoms with E-state index in [9.17, 15) is 0 Å². The van der Waals surface area contributed by atoms with Gasteiger partial charge in [0.25, 0.3) is 0 Å². The van der Waals surface area contributed by atoms with Crippen LogP contribution in [-0.4, -0.2) is 82.0 Å². The number of ether oxygens (including phenoxy) is 4. The van der Waals surface area contributed by atoms with E-state index in [-0.39, 0.29) is 0 Å². The zero-order valence-corrected chi connectivity index (χ0v) is 19.0. The van der Waals surface area contributed by atoms with Crippen LogP contribution < -0.4 is 0 Å². The SMILES string of the molecule is CCO[Si](CCCCCCOCCOCCOCCOC)(OCC)OCC. The zero-order valence-electron chi connectivity index (χ0n) is 18.0. The van der Waals surface area contributed by atoms with Crippen molar-refractivity contribution in [3.63, 3.8) is 0 Å². The Hall–Kier alpha value is -0.0631. The topological polar surface area (TPSA) is 64.6 Å². The highest BCUT2D eigenvalue weighted by atomic mass is 28.4. The molecule has 0 rings (SSSR count). The zero-order chi connectivity index (χ0) is 20.1. The standard InChI is InChI=1S/C19H42O7Si/c1-5-24-27(25-6-2,26-7-3)19-11-9-8-10-12-21-15-16-23-18-17-22-14-13-20-4/h5-19H2,1-4H3. The molecular formula is C19H42O7Si. The Morgan fingerprint density at radius 3 is 1.44 bits per heavy atom. The second-order valence-electron chi connectivity index (χ2n) is 5.98. The van der Waals surface area contributed by atoms with Gasteiger partial charge in [-0.2, -0.15) is 0 Å². The van der Waals surface area contributed by atoms with E-state index in [1.807, 2.05) is 20.8 Å². The first kappa shape index (κ1) is 26.9. The van der Waals surface area contributed by atoms with Crippen molar-refractivity contribution in [2.45, 2.75) is 52.5 Å². The molecule has 0 aliphatic heterocycles. The van der Waals surface area contributed by atoms with E-state index in [1.165, 1.54) is 0 Å². The Kier molecular flexibility index (Phi) is 20.6. The molecule has 0 saturated carbocycles. The summed E-state index contributed by atoms with van der Waals surface area (Å²) < 4.78 is 38.8. The molecule has 0 aliphatic rings. The van der Waals surface area contributed by atoms with Crippen molar-refractivity contribution in [1.29, 1.82) is 0 Å². The minimum atomic E-state index is -2.47. The van der Waals surface area contributed by atoms with Crippen LogP contribution in [-0.2, 0) is 32.2 Å². The summed E-state index contributed by atoms with van der Waals surface area (Å²) in [7, 11) is -0.804. The van der Waals surface area contributed by atoms with Crippen LogP contribution in [0.4, 0.5) is 0 Å². The summed E-state index contributed by atoms with van der Waals surface area (Å²) >= 11 is 0. The van der Waals surface area contributed by atoms with Crippen molar-refractivity contribution < 1.29 is 32.2 Å². The van der Waals surface area contributed by atoms with E-state index in [2.05, 4.69) is 0 Å². The molecule has 0 saturated heterocycles. The maximum atomic E-state index is 5.87. The van der Waals surface area contributed by atoms with Crippen LogP contribution in [0.25, 0.3) is 0 Å². The maximum Gasteiger partial charge on any atom is 0.500 e. The Balaban J connectivity index is 3.49. The summed E-state index contributed by atoms with van der Waals surface area (Å²) in [5.74, 6) is 0. The molecule has 0 atom stereocenters. The van der Waals surface area contributed by atoms with E-state index in [4.69, 9.17) is 32.2 Å². The molecule has 7 nitrogen and oxygen atoms in total. The molecule has 0 aromatic carbocycles. The lowest BCUT2D eigenvalue weighted by molar-refractivity contribution is 0.00323. The van der Waals surface area contributed by atoms with Gasteiger partial charge in [0.05, 0.1) is 39.6 Å². The lowest BCUT2D eigenvalue weighted by Crippen LogP contribution is -2.45. The van der Waals surface area contributed by atoms with Crippen LogP contribution in [0.3, 0.4) is 0 Å². The maximum absolute atomic E-state index is 5.87. The Bertz CT molecular complexity index is 278. The Morgan fingerprint density at radius 2 is 0.963 bits per heavy atom. The van der Waals surface area contributed by atoms with Crippen LogP contribution in [0.15, 0.2) is 0 Å². The Morgan fingerprint density at radius 1 is 0.519 bits per heavy atom. The molecule has 164 valence electrons. The van der Waals surface area contributed by atoms with Crippen molar-refractivity contribution >= 4 is 8.80 Å². The fraction of sp³-hybridized carbons (Fsp3) is 1.00. The van der Waals surface area contributed by atoms with Gasteiger partial charge < -0.3 is 32.2 Å². The van der Waals surface area contributed by atoms with Crippen molar-refractivity contribution in [1.82, 2.24) is 0 Å². The third kappa shape index (κ3) is 16.6. The van der Waals surface area contributed by atoms with Gasteiger partial charge in [-0.05, 0) is 33.6 Å². The second kappa shape index (κ2) is 20.7. The number of hydrogen-bond donors (Lipinski definition) is 0. The first-order valence-corrected chi connectivity index (χ1v) is 12.3. The summed E-state index contributed by atoms with van der Waals surface area (Å²) in [6, 6.07) is 0.893.